The van der Waals surface area contributed by atoms with Crippen LogP contribution in [-0.2, 0) is 11.0 Å². The number of aromatic nitrogens is 2. The number of hydrogen-bond acceptors (Lipinski definition) is 6. The largest absolute Gasteiger partial charge is 0.439 e. The van der Waals surface area contributed by atoms with Gasteiger partial charge in [0.1, 0.15) is 17.9 Å². The number of anilines is 3. The summed E-state index contributed by atoms with van der Waals surface area (Å²) < 4.78 is 45.3. The van der Waals surface area contributed by atoms with E-state index in [0.29, 0.717) is 49.2 Å². The molecule has 212 valence electrons. The standard InChI is InChI=1S/C28H31F3N6O3/c1-4-5-26(38)36-12-13-37(19(3)16-36)24-15-25(33-17-32-24)40-22-10-8-20(9-11-22)34-27(39)35-21-7-6-18(2)23(14-21)28(29,30)31/h6-11,14-15,17,19H,4-5,12-13,16H2,1-3H3,(H2,34,35,39)/t19-/m1/s1. The summed E-state index contributed by atoms with van der Waals surface area (Å²) in [6.07, 6.45) is -1.72. The number of aryl methyl sites for hydroxylation is 1. The molecular weight excluding hydrogens is 525 g/mol. The van der Waals surface area contributed by atoms with E-state index in [2.05, 4.69) is 25.5 Å². The van der Waals surface area contributed by atoms with E-state index in [-0.39, 0.29) is 23.2 Å². The Morgan fingerprint density at radius 1 is 1.02 bits per heavy atom. The third-order valence-electron chi connectivity index (χ3n) is 6.50. The second-order valence-electron chi connectivity index (χ2n) is 9.58. The predicted octanol–water partition coefficient (Wildman–Crippen LogP) is 6.08. The number of halogens is 3. The van der Waals surface area contributed by atoms with E-state index in [0.717, 1.165) is 12.5 Å². The number of benzene rings is 2. The Balaban J connectivity index is 1.34. The van der Waals surface area contributed by atoms with Gasteiger partial charge in [0.15, 0.2) is 0 Å². The van der Waals surface area contributed by atoms with Gasteiger partial charge in [0.2, 0.25) is 11.8 Å². The zero-order valence-corrected chi connectivity index (χ0v) is 22.5. The number of nitrogens with zero attached hydrogens (tertiary/aromatic N) is 4. The SMILES string of the molecule is CCCC(=O)N1CCN(c2cc(Oc3ccc(NC(=O)Nc4ccc(C)c(C(F)(F)F)c4)cc3)ncn2)[C@H](C)C1. The van der Waals surface area contributed by atoms with Gasteiger partial charge >= 0.3 is 12.2 Å². The summed E-state index contributed by atoms with van der Waals surface area (Å²) in [5, 5.41) is 5.00. The fourth-order valence-electron chi connectivity index (χ4n) is 4.46. The molecule has 2 N–H and O–H groups in total. The summed E-state index contributed by atoms with van der Waals surface area (Å²) in [7, 11) is 0. The topological polar surface area (TPSA) is 99.7 Å². The summed E-state index contributed by atoms with van der Waals surface area (Å²) >= 11 is 0. The van der Waals surface area contributed by atoms with Crippen LogP contribution in [0.15, 0.2) is 54.9 Å². The maximum Gasteiger partial charge on any atom is 0.416 e. The number of urea groups is 1. The predicted molar refractivity (Wildman–Crippen MR) is 146 cm³/mol. The van der Waals surface area contributed by atoms with E-state index in [1.807, 2.05) is 18.7 Å². The highest BCUT2D eigenvalue weighted by Gasteiger charge is 2.32. The van der Waals surface area contributed by atoms with Crippen molar-refractivity contribution in [3.63, 3.8) is 0 Å². The normalized spacial score (nSPS) is 15.5. The molecule has 3 amide bonds. The highest BCUT2D eigenvalue weighted by Crippen LogP contribution is 2.33. The van der Waals surface area contributed by atoms with Crippen molar-refractivity contribution in [1.29, 1.82) is 0 Å². The van der Waals surface area contributed by atoms with E-state index in [1.54, 1.807) is 30.3 Å². The Morgan fingerprint density at radius 2 is 1.73 bits per heavy atom. The molecule has 3 aromatic rings. The maximum atomic E-state index is 13.1. The number of amides is 3. The molecular formula is C28H31F3N6O3. The van der Waals surface area contributed by atoms with Crippen LogP contribution in [0.2, 0.25) is 0 Å². The van der Waals surface area contributed by atoms with Gasteiger partial charge in [-0.15, -0.1) is 0 Å². The monoisotopic (exact) mass is 556 g/mol. The fraction of sp³-hybridized carbons (Fsp3) is 0.357. The number of ether oxygens (including phenoxy) is 1. The van der Waals surface area contributed by atoms with E-state index < -0.39 is 17.8 Å². The molecule has 0 radical (unpaired) electrons. The van der Waals surface area contributed by atoms with Gasteiger partial charge in [-0.2, -0.15) is 13.2 Å². The average molecular weight is 557 g/mol. The molecule has 12 heteroatoms. The average Bonchev–Trinajstić information content (AvgIpc) is 2.90. The molecule has 9 nitrogen and oxygen atoms in total. The first kappa shape index (κ1) is 28.7. The first-order chi connectivity index (χ1) is 19.0. The molecule has 1 fully saturated rings. The molecule has 1 aliphatic heterocycles. The molecule has 1 saturated heterocycles. The van der Waals surface area contributed by atoms with Gasteiger partial charge in [-0.3, -0.25) is 4.79 Å². The van der Waals surface area contributed by atoms with Crippen molar-refractivity contribution >= 4 is 29.1 Å². The molecule has 0 unspecified atom stereocenters. The summed E-state index contributed by atoms with van der Waals surface area (Å²) in [5.41, 5.74) is -0.293. The lowest BCUT2D eigenvalue weighted by Crippen LogP contribution is -2.54. The lowest BCUT2D eigenvalue weighted by Gasteiger charge is -2.40. The van der Waals surface area contributed by atoms with Crippen molar-refractivity contribution in [2.24, 2.45) is 0 Å². The third kappa shape index (κ3) is 7.19. The van der Waals surface area contributed by atoms with Gasteiger partial charge in [0.25, 0.3) is 0 Å². The molecule has 0 bridgehead atoms. The van der Waals surface area contributed by atoms with Crippen LogP contribution >= 0.6 is 0 Å². The second kappa shape index (κ2) is 12.2. The second-order valence-corrected chi connectivity index (χ2v) is 9.58. The van der Waals surface area contributed by atoms with Crippen LogP contribution in [0.3, 0.4) is 0 Å². The molecule has 0 spiro atoms. The van der Waals surface area contributed by atoms with Crippen molar-refractivity contribution in [3.05, 3.63) is 66.0 Å². The number of alkyl halides is 3. The smallest absolute Gasteiger partial charge is 0.416 e. The number of hydrogen-bond donors (Lipinski definition) is 2. The van der Waals surface area contributed by atoms with E-state index in [9.17, 15) is 22.8 Å². The number of carbonyl (C=O) groups excluding carboxylic acids is 2. The summed E-state index contributed by atoms with van der Waals surface area (Å²) in [4.78, 5) is 37.2. The lowest BCUT2D eigenvalue weighted by atomic mass is 10.1. The van der Waals surface area contributed by atoms with Crippen molar-refractivity contribution in [1.82, 2.24) is 14.9 Å². The van der Waals surface area contributed by atoms with Crippen LogP contribution in [0, 0.1) is 6.92 Å². The van der Waals surface area contributed by atoms with E-state index in [1.165, 1.54) is 25.4 Å². The van der Waals surface area contributed by atoms with Crippen LogP contribution < -0.4 is 20.3 Å². The Labute approximate surface area is 230 Å². The van der Waals surface area contributed by atoms with E-state index in [4.69, 9.17) is 4.74 Å². The highest BCUT2D eigenvalue weighted by molar-refractivity contribution is 5.99. The van der Waals surface area contributed by atoms with Gasteiger partial charge in [-0.1, -0.05) is 13.0 Å². The molecule has 0 saturated carbocycles. The van der Waals surface area contributed by atoms with Crippen LogP contribution in [0.4, 0.5) is 35.2 Å². The minimum absolute atomic E-state index is 0.0261. The Bertz CT molecular complexity index is 1350. The number of carbonyl (C=O) groups is 2. The molecule has 2 heterocycles. The Hall–Kier alpha value is -4.35. The number of nitrogens with one attached hydrogen (secondary N) is 2. The van der Waals surface area contributed by atoms with E-state index >= 15 is 0 Å². The number of rotatable bonds is 7. The van der Waals surface area contributed by atoms with Gasteiger partial charge in [-0.25, -0.2) is 14.8 Å². The maximum absolute atomic E-state index is 13.1. The van der Waals surface area contributed by atoms with Crippen molar-refractivity contribution in [2.75, 3.05) is 35.2 Å². The van der Waals surface area contributed by atoms with Crippen LogP contribution in [-0.4, -0.2) is 52.5 Å². The van der Waals surface area contributed by atoms with Crippen molar-refractivity contribution in [3.8, 4) is 11.6 Å². The summed E-state index contributed by atoms with van der Waals surface area (Å²) in [5.74, 6) is 1.66. The Kier molecular flexibility index (Phi) is 8.76. The van der Waals surface area contributed by atoms with Crippen LogP contribution in [0.1, 0.15) is 37.8 Å². The molecule has 1 aliphatic rings. The number of piperazine rings is 1. The fourth-order valence-corrected chi connectivity index (χ4v) is 4.46. The third-order valence-corrected chi connectivity index (χ3v) is 6.50. The minimum Gasteiger partial charge on any atom is -0.439 e. The minimum atomic E-state index is -4.51. The lowest BCUT2D eigenvalue weighted by molar-refractivity contribution is -0.138. The van der Waals surface area contributed by atoms with Crippen molar-refractivity contribution in [2.45, 2.75) is 45.8 Å². The summed E-state index contributed by atoms with van der Waals surface area (Å²) in [6, 6.07) is 11.2. The van der Waals surface area contributed by atoms with Gasteiger partial charge in [0, 0.05) is 49.5 Å². The van der Waals surface area contributed by atoms with Gasteiger partial charge in [-0.05, 0) is 62.2 Å². The van der Waals surface area contributed by atoms with Gasteiger partial charge in [0.05, 0.1) is 5.56 Å². The van der Waals surface area contributed by atoms with Crippen LogP contribution in [0.5, 0.6) is 11.6 Å². The Morgan fingerprint density at radius 3 is 2.40 bits per heavy atom. The summed E-state index contributed by atoms with van der Waals surface area (Å²) in [6.45, 7) is 7.29. The molecule has 1 atom stereocenters. The van der Waals surface area contributed by atoms with Crippen molar-refractivity contribution < 1.29 is 27.5 Å². The zero-order chi connectivity index (χ0) is 28.9. The molecule has 1 aromatic heterocycles. The highest BCUT2D eigenvalue weighted by atomic mass is 19.4. The van der Waals surface area contributed by atoms with Crippen LogP contribution in [0.25, 0.3) is 0 Å². The molecule has 4 rings (SSSR count). The first-order valence-electron chi connectivity index (χ1n) is 12.9. The zero-order valence-electron chi connectivity index (χ0n) is 22.5. The van der Waals surface area contributed by atoms with Gasteiger partial charge < -0.3 is 25.2 Å². The molecule has 0 aliphatic carbocycles. The first-order valence-corrected chi connectivity index (χ1v) is 12.9. The molecule has 40 heavy (non-hydrogen) atoms. The quantitative estimate of drug-likeness (QED) is 0.366. The molecule has 2 aromatic carbocycles.